The smallest absolute Gasteiger partial charge is 0.159 e. The summed E-state index contributed by atoms with van der Waals surface area (Å²) in [6, 6.07) is 0. The van der Waals surface area contributed by atoms with Gasteiger partial charge in [0.2, 0.25) is 0 Å². The normalized spacial score (nSPS) is 28.8. The van der Waals surface area contributed by atoms with Crippen LogP contribution in [-0.2, 0) is 12.1 Å². The third kappa shape index (κ3) is 2.30. The van der Waals surface area contributed by atoms with Gasteiger partial charge in [0.1, 0.15) is 11.9 Å². The molecule has 1 fully saturated rings. The van der Waals surface area contributed by atoms with Crippen molar-refractivity contribution in [1.82, 2.24) is 14.8 Å². The van der Waals surface area contributed by atoms with Crippen molar-refractivity contribution in [3.8, 4) is 0 Å². The Kier molecular flexibility index (Phi) is 4.05. The number of aliphatic hydroxyl groups is 1. The van der Waals surface area contributed by atoms with Gasteiger partial charge in [-0.25, -0.2) is 9.67 Å². The van der Waals surface area contributed by atoms with Gasteiger partial charge in [-0.1, -0.05) is 33.6 Å². The topological polar surface area (TPSA) is 50.9 Å². The number of aromatic nitrogens is 3. The molecule has 2 atom stereocenters. The summed E-state index contributed by atoms with van der Waals surface area (Å²) in [6.07, 6.45) is 6.80. The molecule has 1 N–H and O–H groups in total. The number of rotatable bonds is 4. The third-order valence-electron chi connectivity index (χ3n) is 4.18. The zero-order valence-electron chi connectivity index (χ0n) is 11.8. The van der Waals surface area contributed by atoms with Gasteiger partial charge >= 0.3 is 0 Å². The second-order valence-electron chi connectivity index (χ2n) is 5.83. The molecule has 4 heteroatoms. The summed E-state index contributed by atoms with van der Waals surface area (Å²) < 4.78 is 1.89. The fraction of sp³-hybridized carbons (Fsp3) is 0.857. The SMILES string of the molecule is CCCn1ncnc1C1(O)CCCCC1C(C)C. The molecule has 1 aromatic rings. The van der Waals surface area contributed by atoms with Crippen molar-refractivity contribution in [3.05, 3.63) is 12.2 Å². The van der Waals surface area contributed by atoms with Gasteiger partial charge in [-0.05, 0) is 31.1 Å². The summed E-state index contributed by atoms with van der Waals surface area (Å²) in [4.78, 5) is 4.36. The summed E-state index contributed by atoms with van der Waals surface area (Å²) in [5, 5.41) is 15.4. The lowest BCUT2D eigenvalue weighted by Gasteiger charge is -2.41. The average molecular weight is 251 g/mol. The van der Waals surface area contributed by atoms with Crippen LogP contribution in [0.4, 0.5) is 0 Å². The minimum absolute atomic E-state index is 0.297. The van der Waals surface area contributed by atoms with Crippen molar-refractivity contribution in [2.45, 2.75) is 65.0 Å². The summed E-state index contributed by atoms with van der Waals surface area (Å²) in [6.45, 7) is 7.35. The van der Waals surface area contributed by atoms with E-state index in [-0.39, 0.29) is 0 Å². The van der Waals surface area contributed by atoms with Crippen LogP contribution in [0.2, 0.25) is 0 Å². The van der Waals surface area contributed by atoms with Gasteiger partial charge < -0.3 is 5.11 Å². The van der Waals surface area contributed by atoms with Crippen LogP contribution < -0.4 is 0 Å². The second-order valence-corrected chi connectivity index (χ2v) is 5.83. The predicted octanol–water partition coefficient (Wildman–Crippen LogP) is 2.72. The molecule has 2 rings (SSSR count). The molecule has 1 heterocycles. The molecule has 0 bridgehead atoms. The molecule has 1 aromatic heterocycles. The van der Waals surface area contributed by atoms with Gasteiger partial charge in [-0.15, -0.1) is 0 Å². The summed E-state index contributed by atoms with van der Waals surface area (Å²) >= 11 is 0. The van der Waals surface area contributed by atoms with Crippen molar-refractivity contribution in [3.63, 3.8) is 0 Å². The molecule has 4 nitrogen and oxygen atoms in total. The molecule has 18 heavy (non-hydrogen) atoms. The van der Waals surface area contributed by atoms with Crippen LogP contribution in [0.25, 0.3) is 0 Å². The zero-order valence-corrected chi connectivity index (χ0v) is 11.8. The highest BCUT2D eigenvalue weighted by Gasteiger charge is 2.45. The van der Waals surface area contributed by atoms with Crippen LogP contribution in [0.3, 0.4) is 0 Å². The fourth-order valence-electron chi connectivity index (χ4n) is 3.32. The van der Waals surface area contributed by atoms with E-state index in [4.69, 9.17) is 0 Å². The van der Waals surface area contributed by atoms with Crippen molar-refractivity contribution in [2.24, 2.45) is 11.8 Å². The molecule has 0 amide bonds. The van der Waals surface area contributed by atoms with Crippen LogP contribution in [0.15, 0.2) is 6.33 Å². The van der Waals surface area contributed by atoms with Gasteiger partial charge in [0.05, 0.1) is 0 Å². The van der Waals surface area contributed by atoms with E-state index >= 15 is 0 Å². The highest BCUT2D eigenvalue weighted by atomic mass is 16.3. The molecule has 0 aliphatic heterocycles. The number of aryl methyl sites for hydroxylation is 1. The third-order valence-corrected chi connectivity index (χ3v) is 4.18. The van der Waals surface area contributed by atoms with Crippen LogP contribution in [0, 0.1) is 11.8 Å². The Morgan fingerprint density at radius 1 is 1.50 bits per heavy atom. The lowest BCUT2D eigenvalue weighted by atomic mass is 9.69. The largest absolute Gasteiger partial charge is 0.382 e. The van der Waals surface area contributed by atoms with Crippen molar-refractivity contribution < 1.29 is 5.11 Å². The summed E-state index contributed by atoms with van der Waals surface area (Å²) in [5.74, 6) is 1.55. The minimum atomic E-state index is -0.780. The van der Waals surface area contributed by atoms with Gasteiger partial charge in [0.25, 0.3) is 0 Å². The zero-order chi connectivity index (χ0) is 13.2. The summed E-state index contributed by atoms with van der Waals surface area (Å²) in [7, 11) is 0. The maximum atomic E-state index is 11.1. The van der Waals surface area contributed by atoms with E-state index in [1.807, 2.05) is 4.68 Å². The van der Waals surface area contributed by atoms with Crippen LogP contribution >= 0.6 is 0 Å². The first kappa shape index (κ1) is 13.5. The van der Waals surface area contributed by atoms with E-state index in [0.29, 0.717) is 11.8 Å². The molecule has 0 radical (unpaired) electrons. The Morgan fingerprint density at radius 2 is 2.28 bits per heavy atom. The van der Waals surface area contributed by atoms with Crippen molar-refractivity contribution >= 4 is 0 Å². The van der Waals surface area contributed by atoms with Crippen LogP contribution in [0.1, 0.15) is 58.7 Å². The highest BCUT2D eigenvalue weighted by molar-refractivity contribution is 5.07. The van der Waals surface area contributed by atoms with Gasteiger partial charge in [0, 0.05) is 6.54 Å². The molecule has 1 saturated carbocycles. The number of hydrogen-bond acceptors (Lipinski definition) is 3. The van der Waals surface area contributed by atoms with Gasteiger partial charge in [0.15, 0.2) is 5.82 Å². The predicted molar refractivity (Wildman–Crippen MR) is 71.0 cm³/mol. The molecule has 102 valence electrons. The van der Waals surface area contributed by atoms with E-state index in [0.717, 1.165) is 38.1 Å². The Balaban J connectivity index is 2.34. The Hall–Kier alpha value is -0.900. The fourth-order valence-corrected chi connectivity index (χ4v) is 3.32. The van der Waals surface area contributed by atoms with E-state index in [2.05, 4.69) is 30.9 Å². The molecule has 0 saturated heterocycles. The van der Waals surface area contributed by atoms with Crippen LogP contribution in [0.5, 0.6) is 0 Å². The molecular formula is C14H25N3O. The molecule has 2 unspecified atom stereocenters. The number of nitrogens with zero attached hydrogens (tertiary/aromatic N) is 3. The van der Waals surface area contributed by atoms with E-state index in [1.54, 1.807) is 6.33 Å². The molecule has 0 spiro atoms. The Bertz CT molecular complexity index is 388. The summed E-state index contributed by atoms with van der Waals surface area (Å²) in [5.41, 5.74) is -0.780. The Labute approximate surface area is 109 Å². The van der Waals surface area contributed by atoms with E-state index < -0.39 is 5.60 Å². The van der Waals surface area contributed by atoms with E-state index in [1.165, 1.54) is 6.42 Å². The molecule has 0 aromatic carbocycles. The maximum absolute atomic E-state index is 11.1. The lowest BCUT2D eigenvalue weighted by Crippen LogP contribution is -2.43. The average Bonchev–Trinajstić information content (AvgIpc) is 2.78. The molecule has 1 aliphatic carbocycles. The first-order chi connectivity index (χ1) is 8.59. The van der Waals surface area contributed by atoms with E-state index in [9.17, 15) is 5.11 Å². The first-order valence-electron chi connectivity index (χ1n) is 7.20. The standard InChI is InChI=1S/C14H25N3O/c1-4-9-17-13(15-10-16-17)14(18)8-6-5-7-12(14)11(2)3/h10-12,18H,4-9H2,1-3H3. The first-order valence-corrected chi connectivity index (χ1v) is 7.20. The molecular weight excluding hydrogens is 226 g/mol. The lowest BCUT2D eigenvalue weighted by molar-refractivity contribution is -0.0819. The second kappa shape index (κ2) is 5.39. The quantitative estimate of drug-likeness (QED) is 0.895. The highest BCUT2D eigenvalue weighted by Crippen LogP contribution is 2.44. The van der Waals surface area contributed by atoms with Gasteiger partial charge in [-0.2, -0.15) is 5.10 Å². The monoisotopic (exact) mass is 251 g/mol. The minimum Gasteiger partial charge on any atom is -0.382 e. The Morgan fingerprint density at radius 3 is 2.94 bits per heavy atom. The van der Waals surface area contributed by atoms with Crippen molar-refractivity contribution in [2.75, 3.05) is 0 Å². The maximum Gasteiger partial charge on any atom is 0.159 e. The number of hydrogen-bond donors (Lipinski definition) is 1. The van der Waals surface area contributed by atoms with Crippen LogP contribution in [-0.4, -0.2) is 19.9 Å². The van der Waals surface area contributed by atoms with Crippen molar-refractivity contribution in [1.29, 1.82) is 0 Å². The molecule has 1 aliphatic rings. The van der Waals surface area contributed by atoms with Gasteiger partial charge in [-0.3, -0.25) is 0 Å².